The van der Waals surface area contributed by atoms with E-state index in [-0.39, 0.29) is 0 Å². The number of rotatable bonds is 3. The minimum Gasteiger partial charge on any atom is -0.303 e. The highest BCUT2D eigenvalue weighted by molar-refractivity contribution is 7.46. The van der Waals surface area contributed by atoms with E-state index in [1.54, 1.807) is 7.05 Å². The van der Waals surface area contributed by atoms with Gasteiger partial charge in [-0.1, -0.05) is 0 Å². The Hall–Kier alpha value is 0.0700. The molecule has 62 valence electrons. The fourth-order valence-electron chi connectivity index (χ4n) is 0.343. The zero-order valence-corrected chi connectivity index (χ0v) is 7.05. The first kappa shape index (κ1) is 10.1. The minimum atomic E-state index is -4.37. The van der Waals surface area contributed by atoms with Crippen molar-refractivity contribution in [3.8, 4) is 0 Å². The quantitative estimate of drug-likeness (QED) is 0.411. The Bertz CT molecular complexity index is 151. The summed E-state index contributed by atoms with van der Waals surface area (Å²) >= 11 is 0. The van der Waals surface area contributed by atoms with Crippen LogP contribution in [-0.2, 0) is 9.09 Å². The average Bonchev–Trinajstić information content (AvgIpc) is 1.60. The first-order chi connectivity index (χ1) is 4.27. The maximum atomic E-state index is 10.2. The molecule has 0 aromatic heterocycles. The molecular weight excluding hydrogens is 157 g/mol. The Kier molecular flexibility index (Phi) is 3.00. The molecule has 0 fully saturated rings. The lowest BCUT2D eigenvalue weighted by atomic mass is 10.3. The zero-order chi connectivity index (χ0) is 8.41. The monoisotopic (exact) mass is 169 g/mol. The Labute approximate surface area is 59.6 Å². The minimum absolute atomic E-state index is 0.987. The average molecular weight is 169 g/mol. The molecule has 0 radical (unpaired) electrons. The molecule has 0 rings (SSSR count). The molecule has 0 unspecified atom stereocenters. The molecule has 0 atom stereocenters. The van der Waals surface area contributed by atoms with Gasteiger partial charge in [0.2, 0.25) is 0 Å². The van der Waals surface area contributed by atoms with Crippen molar-refractivity contribution in [1.29, 1.82) is 0 Å². The van der Waals surface area contributed by atoms with Crippen LogP contribution in [0.5, 0.6) is 0 Å². The lowest BCUT2D eigenvalue weighted by Gasteiger charge is -2.23. The molecule has 6 heteroatoms. The normalized spacial score (nSPS) is 13.7. The van der Waals surface area contributed by atoms with Crippen LogP contribution in [-0.4, -0.2) is 22.6 Å². The summed E-state index contributed by atoms with van der Waals surface area (Å²) in [5.41, 5.74) is -0.987. The molecule has 0 bridgehead atoms. The lowest BCUT2D eigenvalue weighted by Crippen LogP contribution is -2.37. The highest BCUT2D eigenvalue weighted by atomic mass is 31.2. The van der Waals surface area contributed by atoms with Crippen molar-refractivity contribution in [2.24, 2.45) is 0 Å². The van der Waals surface area contributed by atoms with E-state index in [1.807, 2.05) is 0 Å². The van der Waals surface area contributed by atoms with Gasteiger partial charge >= 0.3 is 7.82 Å². The van der Waals surface area contributed by atoms with E-state index in [0.717, 1.165) is 0 Å². The van der Waals surface area contributed by atoms with Gasteiger partial charge in [0.05, 0.1) is 0 Å². The van der Waals surface area contributed by atoms with Crippen LogP contribution >= 0.6 is 7.82 Å². The number of phosphoric ester groups is 1. The van der Waals surface area contributed by atoms with Crippen LogP contribution in [0.25, 0.3) is 0 Å². The molecule has 0 saturated carbocycles. The zero-order valence-electron chi connectivity index (χ0n) is 6.16. The second-order valence-electron chi connectivity index (χ2n) is 2.34. The predicted octanol–water partition coefficient (Wildman–Crippen LogP) is 0.0512. The largest absolute Gasteiger partial charge is 0.471 e. The summed E-state index contributed by atoms with van der Waals surface area (Å²) in [6.07, 6.45) is 0. The Morgan fingerprint density at radius 1 is 1.50 bits per heavy atom. The summed E-state index contributed by atoms with van der Waals surface area (Å²) < 4.78 is 14.6. The van der Waals surface area contributed by atoms with Gasteiger partial charge in [0.15, 0.2) is 0 Å². The molecule has 0 aliphatic heterocycles. The molecule has 10 heavy (non-hydrogen) atoms. The summed E-state index contributed by atoms with van der Waals surface area (Å²) in [6, 6.07) is 0. The number of hydrogen-bond donors (Lipinski definition) is 3. The van der Waals surface area contributed by atoms with E-state index in [2.05, 4.69) is 9.84 Å². The number of nitrogens with one attached hydrogen (secondary N) is 1. The SMILES string of the molecule is CNC(C)(C)OP(=O)(O)O. The molecule has 0 saturated heterocycles. The van der Waals surface area contributed by atoms with Gasteiger partial charge in [0.1, 0.15) is 5.72 Å². The van der Waals surface area contributed by atoms with E-state index >= 15 is 0 Å². The molecular formula is C4H12NO4P. The van der Waals surface area contributed by atoms with E-state index in [0.29, 0.717) is 0 Å². The smallest absolute Gasteiger partial charge is 0.303 e. The highest BCUT2D eigenvalue weighted by Crippen LogP contribution is 2.39. The van der Waals surface area contributed by atoms with Crippen LogP contribution in [0.15, 0.2) is 0 Å². The fourth-order valence-corrected chi connectivity index (χ4v) is 1.03. The van der Waals surface area contributed by atoms with Gasteiger partial charge in [-0.2, -0.15) is 0 Å². The first-order valence-electron chi connectivity index (χ1n) is 2.72. The van der Waals surface area contributed by atoms with Crippen molar-refractivity contribution in [2.75, 3.05) is 7.05 Å². The molecule has 0 amide bonds. The van der Waals surface area contributed by atoms with Crippen LogP contribution in [0.2, 0.25) is 0 Å². The maximum absolute atomic E-state index is 10.2. The third-order valence-electron chi connectivity index (χ3n) is 0.949. The van der Waals surface area contributed by atoms with Gasteiger partial charge in [0, 0.05) is 0 Å². The van der Waals surface area contributed by atoms with Crippen molar-refractivity contribution in [1.82, 2.24) is 5.32 Å². The third-order valence-corrected chi connectivity index (χ3v) is 1.64. The van der Waals surface area contributed by atoms with Crippen LogP contribution in [0.3, 0.4) is 0 Å². The second kappa shape index (κ2) is 2.98. The third kappa shape index (κ3) is 4.90. The predicted molar refractivity (Wildman–Crippen MR) is 36.3 cm³/mol. The van der Waals surface area contributed by atoms with Crippen molar-refractivity contribution in [2.45, 2.75) is 19.6 Å². The highest BCUT2D eigenvalue weighted by Gasteiger charge is 2.26. The lowest BCUT2D eigenvalue weighted by molar-refractivity contribution is 0.0429. The molecule has 0 heterocycles. The van der Waals surface area contributed by atoms with E-state index in [1.165, 1.54) is 13.8 Å². The molecule has 5 nitrogen and oxygen atoms in total. The molecule has 3 N–H and O–H groups in total. The summed E-state index contributed by atoms with van der Waals surface area (Å²) in [6.45, 7) is 3.04. The molecule has 0 aliphatic rings. The van der Waals surface area contributed by atoms with Crippen LogP contribution in [0.1, 0.15) is 13.8 Å². The van der Waals surface area contributed by atoms with Crippen molar-refractivity contribution >= 4 is 7.82 Å². The second-order valence-corrected chi connectivity index (χ2v) is 3.51. The van der Waals surface area contributed by atoms with Crippen LogP contribution in [0, 0.1) is 0 Å². The topological polar surface area (TPSA) is 78.8 Å². The number of phosphoric acid groups is 1. The Morgan fingerprint density at radius 2 is 1.90 bits per heavy atom. The van der Waals surface area contributed by atoms with Crippen molar-refractivity contribution in [3.63, 3.8) is 0 Å². The number of hydrogen-bond acceptors (Lipinski definition) is 3. The van der Waals surface area contributed by atoms with Crippen LogP contribution in [0.4, 0.5) is 0 Å². The van der Waals surface area contributed by atoms with Crippen LogP contribution < -0.4 is 5.32 Å². The standard InChI is InChI=1S/C4H12NO4P/c1-4(2,5-3)9-10(6,7)8/h5H,1-3H3,(H2,6,7,8). The van der Waals surface area contributed by atoms with E-state index in [4.69, 9.17) is 9.79 Å². The molecule has 0 aromatic carbocycles. The van der Waals surface area contributed by atoms with Gasteiger partial charge < -0.3 is 9.79 Å². The Balaban J connectivity index is 4.02. The molecule has 0 aliphatic carbocycles. The van der Waals surface area contributed by atoms with Gasteiger partial charge in [0.25, 0.3) is 0 Å². The molecule has 0 spiro atoms. The van der Waals surface area contributed by atoms with Crippen molar-refractivity contribution < 1.29 is 18.9 Å². The van der Waals surface area contributed by atoms with E-state index < -0.39 is 13.5 Å². The fraction of sp³-hybridized carbons (Fsp3) is 1.00. The summed E-state index contributed by atoms with van der Waals surface area (Å²) in [5.74, 6) is 0. The summed E-state index contributed by atoms with van der Waals surface area (Å²) in [5, 5.41) is 2.58. The van der Waals surface area contributed by atoms with Crippen molar-refractivity contribution in [3.05, 3.63) is 0 Å². The van der Waals surface area contributed by atoms with Gasteiger partial charge in [-0.3, -0.25) is 9.84 Å². The molecule has 0 aromatic rings. The summed E-state index contributed by atoms with van der Waals surface area (Å²) in [4.78, 5) is 16.7. The Morgan fingerprint density at radius 3 is 2.00 bits per heavy atom. The first-order valence-corrected chi connectivity index (χ1v) is 4.25. The summed E-state index contributed by atoms with van der Waals surface area (Å²) in [7, 11) is -2.82. The van der Waals surface area contributed by atoms with Gasteiger partial charge in [-0.15, -0.1) is 0 Å². The van der Waals surface area contributed by atoms with E-state index in [9.17, 15) is 4.57 Å². The van der Waals surface area contributed by atoms with Gasteiger partial charge in [-0.25, -0.2) is 4.57 Å². The maximum Gasteiger partial charge on any atom is 0.471 e. The van der Waals surface area contributed by atoms with Gasteiger partial charge in [-0.05, 0) is 20.9 Å².